The molecule has 1 saturated heterocycles. The van der Waals surface area contributed by atoms with Gasteiger partial charge in [0.05, 0.1) is 24.9 Å². The molecule has 2 aliphatic rings. The van der Waals surface area contributed by atoms with Gasteiger partial charge in [-0.2, -0.15) is 0 Å². The summed E-state index contributed by atoms with van der Waals surface area (Å²) in [7, 11) is 1.37. The zero-order valence-electron chi connectivity index (χ0n) is 12.6. The van der Waals surface area contributed by atoms with E-state index in [2.05, 4.69) is 0 Å². The summed E-state index contributed by atoms with van der Waals surface area (Å²) >= 11 is 0. The molecule has 0 radical (unpaired) electrons. The van der Waals surface area contributed by atoms with Crippen molar-refractivity contribution >= 4 is 17.8 Å². The lowest BCUT2D eigenvalue weighted by molar-refractivity contribution is -0.152. The number of nitrogens with zero attached hydrogens (tertiary/aromatic N) is 1. The summed E-state index contributed by atoms with van der Waals surface area (Å²) < 4.78 is 4.73. The molecule has 1 unspecified atom stereocenters. The van der Waals surface area contributed by atoms with Crippen molar-refractivity contribution in [2.75, 3.05) is 20.2 Å². The summed E-state index contributed by atoms with van der Waals surface area (Å²) in [5, 5.41) is 9.26. The third kappa shape index (κ3) is 3.36. The molecule has 6 heteroatoms. The van der Waals surface area contributed by atoms with Crippen molar-refractivity contribution in [3.63, 3.8) is 0 Å². The molecule has 2 rings (SSSR count). The minimum Gasteiger partial charge on any atom is -0.481 e. The van der Waals surface area contributed by atoms with Crippen molar-refractivity contribution in [1.82, 2.24) is 4.90 Å². The maximum atomic E-state index is 12.6. The van der Waals surface area contributed by atoms with Gasteiger partial charge in [-0.1, -0.05) is 6.92 Å². The number of carbonyl (C=O) groups excluding carboxylic acids is 2. The molecule has 1 saturated carbocycles. The Bertz CT molecular complexity index is 428. The van der Waals surface area contributed by atoms with Crippen molar-refractivity contribution in [2.24, 2.45) is 23.7 Å². The molecule has 3 atom stereocenters. The van der Waals surface area contributed by atoms with E-state index in [9.17, 15) is 19.5 Å². The number of carboxylic acids is 1. The van der Waals surface area contributed by atoms with Crippen LogP contribution in [-0.4, -0.2) is 48.1 Å². The molecule has 0 bridgehead atoms. The van der Waals surface area contributed by atoms with E-state index >= 15 is 0 Å². The Balaban J connectivity index is 1.95. The van der Waals surface area contributed by atoms with Crippen LogP contribution in [0.3, 0.4) is 0 Å². The number of esters is 1. The van der Waals surface area contributed by atoms with Gasteiger partial charge >= 0.3 is 11.9 Å². The fourth-order valence-corrected chi connectivity index (χ4v) is 3.57. The Kier molecular flexibility index (Phi) is 4.85. The lowest BCUT2D eigenvalue weighted by Crippen LogP contribution is -2.44. The summed E-state index contributed by atoms with van der Waals surface area (Å²) in [5.74, 6) is -2.00. The highest BCUT2D eigenvalue weighted by Crippen LogP contribution is 2.38. The molecule has 1 N–H and O–H groups in total. The molecule has 1 heterocycles. The molecule has 1 aliphatic heterocycles. The minimum atomic E-state index is -0.873. The first-order valence-corrected chi connectivity index (χ1v) is 7.53. The van der Waals surface area contributed by atoms with Gasteiger partial charge in [-0.15, -0.1) is 0 Å². The second kappa shape index (κ2) is 6.45. The molecule has 6 nitrogen and oxygen atoms in total. The number of hydrogen-bond donors (Lipinski definition) is 1. The predicted molar refractivity (Wildman–Crippen MR) is 74.3 cm³/mol. The minimum absolute atomic E-state index is 0.0601. The summed E-state index contributed by atoms with van der Waals surface area (Å²) in [6.07, 6.45) is 2.41. The van der Waals surface area contributed by atoms with Crippen molar-refractivity contribution in [1.29, 1.82) is 0 Å². The Hall–Kier alpha value is -1.59. The van der Waals surface area contributed by atoms with Gasteiger partial charge in [0.1, 0.15) is 0 Å². The van der Waals surface area contributed by atoms with Crippen LogP contribution in [0.2, 0.25) is 0 Å². The zero-order chi connectivity index (χ0) is 15.6. The van der Waals surface area contributed by atoms with Crippen molar-refractivity contribution in [2.45, 2.75) is 32.6 Å². The third-order valence-corrected chi connectivity index (χ3v) is 4.77. The third-order valence-electron chi connectivity index (χ3n) is 4.77. The van der Waals surface area contributed by atoms with Crippen LogP contribution in [0.1, 0.15) is 32.6 Å². The van der Waals surface area contributed by atoms with E-state index in [0.29, 0.717) is 38.8 Å². The van der Waals surface area contributed by atoms with Gasteiger partial charge in [-0.3, -0.25) is 14.4 Å². The molecule has 1 amide bonds. The first-order chi connectivity index (χ1) is 9.93. The lowest BCUT2D eigenvalue weighted by Gasteiger charge is -2.33. The highest BCUT2D eigenvalue weighted by Gasteiger charge is 2.43. The first kappa shape index (κ1) is 15.8. The maximum absolute atomic E-state index is 12.6. The average molecular weight is 297 g/mol. The standard InChI is InChI=1S/C15H23NO5/c1-9-7-11(12(8-9)14(18)19)13(17)16-5-3-10(4-6-16)15(20)21-2/h9-12H,3-8H2,1-2H3,(H,18,19)/t9?,11-,12+/m0/s1. The van der Waals surface area contributed by atoms with E-state index in [1.165, 1.54) is 7.11 Å². The van der Waals surface area contributed by atoms with Crippen LogP contribution in [-0.2, 0) is 19.1 Å². The van der Waals surface area contributed by atoms with E-state index in [1.54, 1.807) is 4.90 Å². The molecular weight excluding hydrogens is 274 g/mol. The van der Waals surface area contributed by atoms with E-state index in [4.69, 9.17) is 4.74 Å². The Labute approximate surface area is 124 Å². The van der Waals surface area contributed by atoms with Crippen LogP contribution < -0.4 is 0 Å². The number of carbonyl (C=O) groups is 3. The normalized spacial score (nSPS) is 30.2. The smallest absolute Gasteiger partial charge is 0.308 e. The number of rotatable bonds is 3. The van der Waals surface area contributed by atoms with Gasteiger partial charge in [0.15, 0.2) is 0 Å². The van der Waals surface area contributed by atoms with E-state index in [1.807, 2.05) is 6.92 Å². The average Bonchev–Trinajstić information content (AvgIpc) is 2.88. The highest BCUT2D eigenvalue weighted by atomic mass is 16.5. The van der Waals surface area contributed by atoms with Gasteiger partial charge in [-0.05, 0) is 31.6 Å². The van der Waals surface area contributed by atoms with E-state index in [-0.39, 0.29) is 23.7 Å². The topological polar surface area (TPSA) is 83.9 Å². The SMILES string of the molecule is COC(=O)C1CCN(C(=O)[C@H]2CC(C)C[C@H]2C(=O)O)CC1. The first-order valence-electron chi connectivity index (χ1n) is 7.53. The number of ether oxygens (including phenoxy) is 1. The largest absolute Gasteiger partial charge is 0.481 e. The quantitative estimate of drug-likeness (QED) is 0.790. The summed E-state index contributed by atoms with van der Waals surface area (Å²) in [6, 6.07) is 0. The second-order valence-electron chi connectivity index (χ2n) is 6.25. The van der Waals surface area contributed by atoms with Crippen molar-refractivity contribution in [3.8, 4) is 0 Å². The number of methoxy groups -OCH3 is 1. The Morgan fingerprint density at radius 2 is 1.67 bits per heavy atom. The van der Waals surface area contributed by atoms with Gasteiger partial charge in [0.2, 0.25) is 5.91 Å². The molecular formula is C15H23NO5. The number of piperidine rings is 1. The van der Waals surface area contributed by atoms with Gasteiger partial charge in [0, 0.05) is 13.1 Å². The van der Waals surface area contributed by atoms with Crippen molar-refractivity contribution in [3.05, 3.63) is 0 Å². The van der Waals surface area contributed by atoms with Gasteiger partial charge < -0.3 is 14.7 Å². The van der Waals surface area contributed by atoms with Crippen LogP contribution in [0.15, 0.2) is 0 Å². The highest BCUT2D eigenvalue weighted by molar-refractivity contribution is 5.85. The molecule has 1 aliphatic carbocycles. The number of likely N-dealkylation sites (tertiary alicyclic amines) is 1. The van der Waals surface area contributed by atoms with Crippen LogP contribution in [0, 0.1) is 23.7 Å². The Morgan fingerprint density at radius 1 is 1.10 bits per heavy atom. The zero-order valence-corrected chi connectivity index (χ0v) is 12.6. The molecule has 21 heavy (non-hydrogen) atoms. The van der Waals surface area contributed by atoms with Crippen molar-refractivity contribution < 1.29 is 24.2 Å². The molecule has 0 aromatic rings. The second-order valence-corrected chi connectivity index (χ2v) is 6.25. The fourth-order valence-electron chi connectivity index (χ4n) is 3.57. The fraction of sp³-hybridized carbons (Fsp3) is 0.800. The maximum Gasteiger partial charge on any atom is 0.308 e. The van der Waals surface area contributed by atoms with E-state index < -0.39 is 17.8 Å². The molecule has 118 valence electrons. The van der Waals surface area contributed by atoms with Gasteiger partial charge in [0.25, 0.3) is 0 Å². The summed E-state index contributed by atoms with van der Waals surface area (Å²) in [4.78, 5) is 37.0. The number of aliphatic carboxylic acids is 1. The predicted octanol–water partition coefficient (Wildman–Crippen LogP) is 1.14. The molecule has 0 spiro atoms. The molecule has 2 fully saturated rings. The summed E-state index contributed by atoms with van der Waals surface area (Å²) in [6.45, 7) is 3.01. The summed E-state index contributed by atoms with van der Waals surface area (Å²) in [5.41, 5.74) is 0. The van der Waals surface area contributed by atoms with E-state index in [0.717, 1.165) is 0 Å². The lowest BCUT2D eigenvalue weighted by atomic mass is 9.92. The number of carboxylic acid groups (broad SMARTS) is 1. The Morgan fingerprint density at radius 3 is 2.19 bits per heavy atom. The van der Waals surface area contributed by atoms with Crippen LogP contribution in [0.25, 0.3) is 0 Å². The van der Waals surface area contributed by atoms with Gasteiger partial charge in [-0.25, -0.2) is 0 Å². The molecule has 0 aromatic carbocycles. The monoisotopic (exact) mass is 297 g/mol. The van der Waals surface area contributed by atoms with Crippen LogP contribution in [0.4, 0.5) is 0 Å². The van der Waals surface area contributed by atoms with Crippen LogP contribution >= 0.6 is 0 Å². The number of hydrogen-bond acceptors (Lipinski definition) is 4. The number of amides is 1. The van der Waals surface area contributed by atoms with Crippen LogP contribution in [0.5, 0.6) is 0 Å². The molecule has 0 aromatic heterocycles.